The number of hydrogen-bond donors (Lipinski definition) is 5. The number of likely N-dealkylation sites (tertiary alicyclic amines) is 1. The van der Waals surface area contributed by atoms with Crippen molar-refractivity contribution >= 4 is 29.5 Å². The van der Waals surface area contributed by atoms with Crippen LogP contribution in [0.15, 0.2) is 42.5 Å². The fourth-order valence-corrected chi connectivity index (χ4v) is 4.49. The SMILES string of the molecule is C[C@@H]1C[C@H](NC[C@](C)(O)COc2cc(F)ccc2CC(=O)O)[C@@H](C)CN1Cc1ccc(Cl)cc1.O=C(O)C(F)(F)F.O=C(O)C(F)(F)F. The van der Waals surface area contributed by atoms with E-state index in [4.69, 9.17) is 41.2 Å². The van der Waals surface area contributed by atoms with E-state index in [9.17, 15) is 40.6 Å². The number of carboxylic acids is 3. The Kier molecular flexibility index (Phi) is 16.1. The molecule has 48 heavy (non-hydrogen) atoms. The van der Waals surface area contributed by atoms with Crippen LogP contribution in [0.2, 0.25) is 5.02 Å². The van der Waals surface area contributed by atoms with E-state index >= 15 is 0 Å². The molecule has 0 spiro atoms. The molecule has 5 N–H and O–H groups in total. The second kappa shape index (κ2) is 18.2. The molecule has 270 valence electrons. The lowest BCUT2D eigenvalue weighted by atomic mass is 9.88. The molecule has 0 unspecified atom stereocenters. The summed E-state index contributed by atoms with van der Waals surface area (Å²) in [5.41, 5.74) is 0.388. The zero-order chi connectivity index (χ0) is 37.0. The predicted octanol–water partition coefficient (Wildman–Crippen LogP) is 5.39. The van der Waals surface area contributed by atoms with Crippen molar-refractivity contribution in [3.8, 4) is 5.75 Å². The summed E-state index contributed by atoms with van der Waals surface area (Å²) in [5, 5.41) is 38.4. The Morgan fingerprint density at radius 1 is 0.958 bits per heavy atom. The summed E-state index contributed by atoms with van der Waals surface area (Å²) in [6.45, 7) is 8.08. The Morgan fingerprint density at radius 3 is 1.96 bits per heavy atom. The Morgan fingerprint density at radius 2 is 1.48 bits per heavy atom. The van der Waals surface area contributed by atoms with Crippen LogP contribution < -0.4 is 10.1 Å². The molecular weight excluding hydrogens is 685 g/mol. The minimum atomic E-state index is -5.08. The molecule has 3 rings (SSSR count). The summed E-state index contributed by atoms with van der Waals surface area (Å²) in [7, 11) is 0. The highest BCUT2D eigenvalue weighted by Gasteiger charge is 2.39. The average molecular weight is 721 g/mol. The van der Waals surface area contributed by atoms with Gasteiger partial charge in [-0.2, -0.15) is 26.3 Å². The molecule has 4 atom stereocenters. The number of nitrogens with zero attached hydrogens (tertiary/aromatic N) is 1. The number of ether oxygens (including phenoxy) is 1. The number of aliphatic carboxylic acids is 3. The molecule has 2 aromatic carbocycles. The molecule has 1 aliphatic rings. The Hall–Kier alpha value is -3.67. The maximum absolute atomic E-state index is 13.6. The monoisotopic (exact) mass is 720 g/mol. The normalized spacial score (nSPS) is 19.5. The highest BCUT2D eigenvalue weighted by Crippen LogP contribution is 2.26. The summed E-state index contributed by atoms with van der Waals surface area (Å²) in [4.78, 5) is 31.3. The van der Waals surface area contributed by atoms with Gasteiger partial charge >= 0.3 is 30.3 Å². The van der Waals surface area contributed by atoms with E-state index in [1.807, 2.05) is 12.1 Å². The van der Waals surface area contributed by atoms with Gasteiger partial charge in [-0.25, -0.2) is 14.0 Å². The topological polar surface area (TPSA) is 157 Å². The lowest BCUT2D eigenvalue weighted by molar-refractivity contribution is -0.193. The Balaban J connectivity index is 0.000000687. The number of halogens is 8. The summed E-state index contributed by atoms with van der Waals surface area (Å²) >= 11 is 6.00. The molecule has 0 saturated carbocycles. The van der Waals surface area contributed by atoms with Crippen LogP contribution in [0.5, 0.6) is 5.75 Å². The average Bonchev–Trinajstić information content (AvgIpc) is 2.95. The van der Waals surface area contributed by atoms with Gasteiger partial charge in [0.25, 0.3) is 0 Å². The van der Waals surface area contributed by atoms with Crippen molar-refractivity contribution in [2.45, 2.75) is 70.2 Å². The molecule has 0 radical (unpaired) electrons. The molecule has 1 aliphatic heterocycles. The van der Waals surface area contributed by atoms with E-state index in [-0.39, 0.29) is 24.8 Å². The Labute approximate surface area is 276 Å². The van der Waals surface area contributed by atoms with Crippen molar-refractivity contribution in [2.24, 2.45) is 5.92 Å². The molecule has 18 heteroatoms. The van der Waals surface area contributed by atoms with Crippen LogP contribution in [0, 0.1) is 11.7 Å². The lowest BCUT2D eigenvalue weighted by Crippen LogP contribution is -2.55. The van der Waals surface area contributed by atoms with Gasteiger partial charge in [0.2, 0.25) is 0 Å². The van der Waals surface area contributed by atoms with Crippen molar-refractivity contribution < 1.29 is 70.3 Å². The summed E-state index contributed by atoms with van der Waals surface area (Å²) in [6, 6.07) is 12.3. The molecule has 0 bridgehead atoms. The smallest absolute Gasteiger partial charge is 0.490 e. The summed E-state index contributed by atoms with van der Waals surface area (Å²) in [6.07, 6.45) is -9.50. The van der Waals surface area contributed by atoms with E-state index in [1.165, 1.54) is 17.7 Å². The zero-order valence-electron chi connectivity index (χ0n) is 25.9. The van der Waals surface area contributed by atoms with Gasteiger partial charge in [-0.05, 0) is 49.9 Å². The maximum Gasteiger partial charge on any atom is 0.490 e. The van der Waals surface area contributed by atoms with Crippen LogP contribution in [-0.2, 0) is 27.3 Å². The van der Waals surface area contributed by atoms with Crippen molar-refractivity contribution in [3.63, 3.8) is 0 Å². The van der Waals surface area contributed by atoms with Gasteiger partial charge in [-0.1, -0.05) is 36.7 Å². The van der Waals surface area contributed by atoms with Crippen LogP contribution in [0.4, 0.5) is 30.7 Å². The van der Waals surface area contributed by atoms with E-state index in [2.05, 4.69) is 36.2 Å². The van der Waals surface area contributed by atoms with Crippen molar-refractivity contribution in [3.05, 3.63) is 64.4 Å². The molecule has 2 aromatic rings. The quantitative estimate of drug-likeness (QED) is 0.202. The fraction of sp³-hybridized carbons (Fsp3) is 0.500. The van der Waals surface area contributed by atoms with Gasteiger partial charge in [0.15, 0.2) is 0 Å². The van der Waals surface area contributed by atoms with Gasteiger partial charge in [-0.15, -0.1) is 0 Å². The van der Waals surface area contributed by atoms with E-state index in [0.29, 0.717) is 24.1 Å². The number of carbonyl (C=O) groups is 3. The number of aliphatic hydroxyl groups is 1. The first-order valence-electron chi connectivity index (χ1n) is 14.1. The van der Waals surface area contributed by atoms with Crippen LogP contribution in [-0.4, -0.2) is 93.0 Å². The molecule has 0 aliphatic carbocycles. The Bertz CT molecular complexity index is 1330. The minimum Gasteiger partial charge on any atom is -0.490 e. The third-order valence-electron chi connectivity index (χ3n) is 6.87. The second-order valence-corrected chi connectivity index (χ2v) is 11.8. The number of alkyl halides is 6. The van der Waals surface area contributed by atoms with Crippen molar-refractivity contribution in [2.75, 3.05) is 19.7 Å². The van der Waals surface area contributed by atoms with Crippen molar-refractivity contribution in [1.82, 2.24) is 10.2 Å². The minimum absolute atomic E-state index is 0.0879. The van der Waals surface area contributed by atoms with Gasteiger partial charge in [0.05, 0.1) is 6.42 Å². The van der Waals surface area contributed by atoms with Gasteiger partial charge < -0.3 is 30.5 Å². The summed E-state index contributed by atoms with van der Waals surface area (Å²) in [5.74, 6) is -6.55. The molecule has 0 aromatic heterocycles. The van der Waals surface area contributed by atoms with Crippen LogP contribution in [0.3, 0.4) is 0 Å². The van der Waals surface area contributed by atoms with Crippen molar-refractivity contribution in [1.29, 1.82) is 0 Å². The first-order valence-corrected chi connectivity index (χ1v) is 14.5. The zero-order valence-corrected chi connectivity index (χ0v) is 26.7. The highest BCUT2D eigenvalue weighted by atomic mass is 35.5. The molecule has 1 heterocycles. The number of carboxylic acid groups (broad SMARTS) is 3. The molecule has 10 nitrogen and oxygen atoms in total. The third kappa shape index (κ3) is 16.0. The standard InChI is InChI=1S/C26H34ClFN2O4.2C2HF3O2/c1-17-13-30(14-19-4-7-21(27)8-5-19)18(2)10-23(17)29-15-26(3,33)16-34-24-12-22(28)9-6-20(24)11-25(31)32;2*3-2(4,5)1(6)7/h4-9,12,17-18,23,29,33H,10-11,13-16H2,1-3H3,(H,31,32);2*(H,6,7)/t17-,18+,23-,26-;;/m0../s1. The first kappa shape index (κ1) is 42.4. The van der Waals surface area contributed by atoms with E-state index in [0.717, 1.165) is 30.6 Å². The number of hydrogen-bond acceptors (Lipinski definition) is 7. The largest absolute Gasteiger partial charge is 0.490 e. The maximum atomic E-state index is 13.6. The molecular formula is C30H36ClF7N2O8. The van der Waals surface area contributed by atoms with Crippen LogP contribution in [0.25, 0.3) is 0 Å². The molecule has 0 amide bonds. The van der Waals surface area contributed by atoms with Crippen LogP contribution >= 0.6 is 11.6 Å². The van der Waals surface area contributed by atoms with E-state index in [1.54, 1.807) is 6.92 Å². The molecule has 1 saturated heterocycles. The third-order valence-corrected chi connectivity index (χ3v) is 7.12. The van der Waals surface area contributed by atoms with Gasteiger partial charge in [0.1, 0.15) is 23.8 Å². The number of benzene rings is 2. The summed E-state index contributed by atoms with van der Waals surface area (Å²) < 4.78 is 82.8. The molecule has 1 fully saturated rings. The van der Waals surface area contributed by atoms with Gasteiger partial charge in [0, 0.05) is 48.4 Å². The predicted molar refractivity (Wildman–Crippen MR) is 158 cm³/mol. The fourth-order valence-electron chi connectivity index (χ4n) is 4.36. The number of piperidine rings is 1. The van der Waals surface area contributed by atoms with Crippen LogP contribution in [0.1, 0.15) is 38.3 Å². The van der Waals surface area contributed by atoms with Gasteiger partial charge in [-0.3, -0.25) is 9.69 Å². The number of nitrogens with one attached hydrogen (secondary N) is 1. The lowest BCUT2D eigenvalue weighted by Gasteiger charge is -2.43. The number of rotatable bonds is 10. The van der Waals surface area contributed by atoms with E-state index < -0.39 is 41.7 Å². The first-order chi connectivity index (χ1) is 21.9. The second-order valence-electron chi connectivity index (χ2n) is 11.3. The highest BCUT2D eigenvalue weighted by molar-refractivity contribution is 6.30.